The van der Waals surface area contributed by atoms with Crippen molar-refractivity contribution in [3.05, 3.63) is 51.3 Å². The van der Waals surface area contributed by atoms with Crippen LogP contribution in [0.3, 0.4) is 0 Å². The first-order valence-corrected chi connectivity index (χ1v) is 5.94. The van der Waals surface area contributed by atoms with Crippen LogP contribution in [0.4, 0.5) is 0 Å². The Morgan fingerprint density at radius 2 is 2.11 bits per heavy atom. The van der Waals surface area contributed by atoms with Crippen LogP contribution >= 0.6 is 23.2 Å². The van der Waals surface area contributed by atoms with Gasteiger partial charge in [0.1, 0.15) is 5.56 Å². The lowest BCUT2D eigenvalue weighted by Gasteiger charge is -2.03. The summed E-state index contributed by atoms with van der Waals surface area (Å²) in [6.45, 7) is 2.11. The lowest BCUT2D eigenvalue weighted by molar-refractivity contribution is 0.0696. The molecule has 0 fully saturated rings. The Hall–Kier alpha value is -1.52. The number of hydrogen-bond acceptors (Lipinski definition) is 2. The summed E-state index contributed by atoms with van der Waals surface area (Å²) >= 11 is 11.7. The Kier molecular flexibility index (Phi) is 3.59. The zero-order valence-electron chi connectivity index (χ0n) is 9.52. The van der Waals surface area contributed by atoms with Crippen molar-refractivity contribution < 1.29 is 9.90 Å². The first-order chi connectivity index (χ1) is 8.47. The fourth-order valence-electron chi connectivity index (χ4n) is 1.63. The molecule has 0 spiro atoms. The predicted octanol–water partition coefficient (Wildman–Crippen LogP) is 3.24. The number of rotatable bonds is 3. The highest BCUT2D eigenvalue weighted by Crippen LogP contribution is 2.23. The molecule has 0 aliphatic heterocycles. The molecule has 2 rings (SSSR count). The van der Waals surface area contributed by atoms with E-state index >= 15 is 0 Å². The van der Waals surface area contributed by atoms with Gasteiger partial charge in [-0.05, 0) is 24.6 Å². The third-order valence-corrected chi connectivity index (χ3v) is 3.24. The van der Waals surface area contributed by atoms with E-state index in [0.29, 0.717) is 22.3 Å². The molecule has 6 heteroatoms. The second kappa shape index (κ2) is 5.00. The maximum Gasteiger partial charge on any atom is 0.339 e. The van der Waals surface area contributed by atoms with Gasteiger partial charge in [-0.25, -0.2) is 4.79 Å². The van der Waals surface area contributed by atoms with E-state index in [2.05, 4.69) is 5.10 Å². The largest absolute Gasteiger partial charge is 0.478 e. The maximum absolute atomic E-state index is 10.9. The van der Waals surface area contributed by atoms with Gasteiger partial charge in [0.2, 0.25) is 0 Å². The SMILES string of the molecule is Cc1nn(Cc2ccc(Cl)c(Cl)c2)cc1C(=O)O. The molecule has 0 aliphatic rings. The molecule has 0 atom stereocenters. The van der Waals surface area contributed by atoms with Crippen molar-refractivity contribution in [3.8, 4) is 0 Å². The summed E-state index contributed by atoms with van der Waals surface area (Å²) in [4.78, 5) is 10.9. The van der Waals surface area contributed by atoms with Gasteiger partial charge in [0.25, 0.3) is 0 Å². The number of halogens is 2. The van der Waals surface area contributed by atoms with E-state index in [1.165, 1.54) is 6.20 Å². The molecule has 1 aromatic carbocycles. The lowest BCUT2D eigenvalue weighted by Crippen LogP contribution is -2.00. The summed E-state index contributed by atoms with van der Waals surface area (Å²) in [5, 5.41) is 14.0. The van der Waals surface area contributed by atoms with Gasteiger partial charge in [-0.1, -0.05) is 29.3 Å². The van der Waals surface area contributed by atoms with Crippen molar-refractivity contribution in [2.75, 3.05) is 0 Å². The molecule has 0 radical (unpaired) electrons. The molecule has 0 amide bonds. The number of carbonyl (C=O) groups is 1. The van der Waals surface area contributed by atoms with Gasteiger partial charge in [-0.2, -0.15) is 5.10 Å². The Morgan fingerprint density at radius 3 is 2.67 bits per heavy atom. The number of hydrogen-bond donors (Lipinski definition) is 1. The molecule has 2 aromatic rings. The minimum absolute atomic E-state index is 0.204. The molecule has 1 N–H and O–H groups in total. The van der Waals surface area contributed by atoms with Gasteiger partial charge < -0.3 is 5.11 Å². The molecule has 0 bridgehead atoms. The van der Waals surface area contributed by atoms with Crippen LogP contribution in [-0.2, 0) is 6.54 Å². The van der Waals surface area contributed by atoms with Crippen molar-refractivity contribution >= 4 is 29.2 Å². The topological polar surface area (TPSA) is 55.1 Å². The fraction of sp³-hybridized carbons (Fsp3) is 0.167. The maximum atomic E-state index is 10.9. The second-order valence-electron chi connectivity index (χ2n) is 3.88. The standard InChI is InChI=1S/C12H10Cl2N2O2/c1-7-9(12(17)18)6-16(15-7)5-8-2-3-10(13)11(14)4-8/h2-4,6H,5H2,1H3,(H,17,18). The van der Waals surface area contributed by atoms with Crippen LogP contribution < -0.4 is 0 Å². The van der Waals surface area contributed by atoms with Gasteiger partial charge in [0, 0.05) is 6.20 Å². The van der Waals surface area contributed by atoms with Crippen LogP contribution in [0, 0.1) is 6.92 Å². The molecule has 1 heterocycles. The van der Waals surface area contributed by atoms with Gasteiger partial charge >= 0.3 is 5.97 Å². The molecular weight excluding hydrogens is 275 g/mol. The van der Waals surface area contributed by atoms with Crippen LogP contribution in [0.5, 0.6) is 0 Å². The van der Waals surface area contributed by atoms with Crippen molar-refractivity contribution in [2.24, 2.45) is 0 Å². The Balaban J connectivity index is 2.26. The number of carboxylic acid groups (broad SMARTS) is 1. The van der Waals surface area contributed by atoms with Crippen molar-refractivity contribution in [3.63, 3.8) is 0 Å². The Labute approximate surface area is 114 Å². The van der Waals surface area contributed by atoms with Gasteiger partial charge in [-0.15, -0.1) is 0 Å². The quantitative estimate of drug-likeness (QED) is 0.941. The smallest absolute Gasteiger partial charge is 0.339 e. The number of aryl methyl sites for hydroxylation is 1. The van der Waals surface area contributed by atoms with Gasteiger partial charge in [0.05, 0.1) is 22.3 Å². The summed E-state index contributed by atoms with van der Waals surface area (Å²) in [5.41, 5.74) is 1.60. The molecule has 18 heavy (non-hydrogen) atoms. The van der Waals surface area contributed by atoms with Gasteiger partial charge in [0.15, 0.2) is 0 Å². The van der Waals surface area contributed by atoms with E-state index in [0.717, 1.165) is 5.56 Å². The molecule has 4 nitrogen and oxygen atoms in total. The molecule has 0 unspecified atom stereocenters. The molecule has 0 saturated carbocycles. The summed E-state index contributed by atoms with van der Waals surface area (Å²) in [5.74, 6) is -0.979. The molecular formula is C12H10Cl2N2O2. The number of benzene rings is 1. The van der Waals surface area contributed by atoms with Gasteiger partial charge in [-0.3, -0.25) is 4.68 Å². The highest BCUT2D eigenvalue weighted by molar-refractivity contribution is 6.42. The van der Waals surface area contributed by atoms with E-state index < -0.39 is 5.97 Å². The lowest BCUT2D eigenvalue weighted by atomic mass is 10.2. The second-order valence-corrected chi connectivity index (χ2v) is 4.69. The molecule has 0 saturated heterocycles. The summed E-state index contributed by atoms with van der Waals surface area (Å²) in [6.07, 6.45) is 1.50. The van der Waals surface area contributed by atoms with Crippen LogP contribution in [0.2, 0.25) is 10.0 Å². The van der Waals surface area contributed by atoms with E-state index in [1.807, 2.05) is 6.07 Å². The zero-order valence-corrected chi connectivity index (χ0v) is 11.0. The summed E-state index contributed by atoms with van der Waals surface area (Å²) < 4.78 is 1.57. The number of nitrogens with zero attached hydrogens (tertiary/aromatic N) is 2. The van der Waals surface area contributed by atoms with Crippen LogP contribution in [0.25, 0.3) is 0 Å². The summed E-state index contributed by atoms with van der Waals surface area (Å²) in [7, 11) is 0. The minimum Gasteiger partial charge on any atom is -0.478 e. The van der Waals surface area contributed by atoms with E-state index in [4.69, 9.17) is 28.3 Å². The van der Waals surface area contributed by atoms with Crippen LogP contribution in [0.15, 0.2) is 24.4 Å². The average Bonchev–Trinajstić information content (AvgIpc) is 2.65. The third-order valence-electron chi connectivity index (χ3n) is 2.51. The third kappa shape index (κ3) is 2.66. The Bertz CT molecular complexity index is 608. The predicted molar refractivity (Wildman–Crippen MR) is 69.5 cm³/mol. The number of aromatic carboxylic acids is 1. The minimum atomic E-state index is -0.979. The monoisotopic (exact) mass is 284 g/mol. The first kappa shape index (κ1) is 12.9. The van der Waals surface area contributed by atoms with Crippen molar-refractivity contribution in [1.82, 2.24) is 9.78 Å². The normalized spacial score (nSPS) is 10.6. The molecule has 0 aliphatic carbocycles. The molecule has 94 valence electrons. The fourth-order valence-corrected chi connectivity index (χ4v) is 1.95. The highest BCUT2D eigenvalue weighted by Gasteiger charge is 2.11. The summed E-state index contributed by atoms with van der Waals surface area (Å²) in [6, 6.07) is 5.26. The van der Waals surface area contributed by atoms with E-state index in [9.17, 15) is 4.79 Å². The average molecular weight is 285 g/mol. The number of aromatic nitrogens is 2. The molecule has 1 aromatic heterocycles. The van der Waals surface area contributed by atoms with Crippen LogP contribution in [0.1, 0.15) is 21.6 Å². The van der Waals surface area contributed by atoms with Crippen molar-refractivity contribution in [2.45, 2.75) is 13.5 Å². The van der Waals surface area contributed by atoms with Crippen molar-refractivity contribution in [1.29, 1.82) is 0 Å². The first-order valence-electron chi connectivity index (χ1n) is 5.18. The highest BCUT2D eigenvalue weighted by atomic mass is 35.5. The van der Waals surface area contributed by atoms with E-state index in [1.54, 1.807) is 23.7 Å². The van der Waals surface area contributed by atoms with E-state index in [-0.39, 0.29) is 5.56 Å². The zero-order chi connectivity index (χ0) is 13.3. The Morgan fingerprint density at radius 1 is 1.39 bits per heavy atom. The van der Waals surface area contributed by atoms with Crippen LogP contribution in [-0.4, -0.2) is 20.9 Å². The number of carboxylic acids is 1.